The van der Waals surface area contributed by atoms with E-state index in [0.29, 0.717) is 0 Å². The van der Waals surface area contributed by atoms with Crippen LogP contribution in [0.2, 0.25) is 0 Å². The van der Waals surface area contributed by atoms with E-state index >= 15 is 0 Å². The van der Waals surface area contributed by atoms with Crippen molar-refractivity contribution in [3.05, 3.63) is 48.0 Å². The molecule has 0 aliphatic heterocycles. The molecular weight excluding hydrogens is 239 g/mol. The number of benzene rings is 1. The molecule has 1 nitrogen and oxygen atoms in total. The van der Waals surface area contributed by atoms with E-state index in [0.717, 1.165) is 23.6 Å². The van der Waals surface area contributed by atoms with Gasteiger partial charge in [-0.05, 0) is 12.1 Å². The SMILES string of the molecule is CC(F)(F)c1ccc(-c2cccc(P)n2)cc1. The maximum absolute atomic E-state index is 13.0. The van der Waals surface area contributed by atoms with E-state index in [1.807, 2.05) is 18.2 Å². The van der Waals surface area contributed by atoms with Crippen molar-refractivity contribution < 1.29 is 8.78 Å². The van der Waals surface area contributed by atoms with Crippen molar-refractivity contribution in [2.24, 2.45) is 0 Å². The highest BCUT2D eigenvalue weighted by Gasteiger charge is 2.23. The first kappa shape index (κ1) is 12.1. The normalized spacial score (nSPS) is 11.5. The molecule has 17 heavy (non-hydrogen) atoms. The predicted octanol–water partition coefficient (Wildman–Crippen LogP) is 3.36. The fraction of sp³-hybridized carbons (Fsp3) is 0.154. The molecule has 4 heteroatoms. The highest BCUT2D eigenvalue weighted by Crippen LogP contribution is 2.28. The molecule has 1 aromatic heterocycles. The molecule has 0 fully saturated rings. The summed E-state index contributed by atoms with van der Waals surface area (Å²) in [5, 5.41) is 0. The van der Waals surface area contributed by atoms with Gasteiger partial charge in [0.1, 0.15) is 0 Å². The Hall–Kier alpha value is -1.34. The van der Waals surface area contributed by atoms with Gasteiger partial charge in [0.25, 0.3) is 5.92 Å². The quantitative estimate of drug-likeness (QED) is 0.746. The molecule has 1 unspecified atom stereocenters. The van der Waals surface area contributed by atoms with Crippen LogP contribution in [0.1, 0.15) is 12.5 Å². The van der Waals surface area contributed by atoms with E-state index in [1.165, 1.54) is 12.1 Å². The molecule has 0 radical (unpaired) electrons. The van der Waals surface area contributed by atoms with Gasteiger partial charge in [-0.3, -0.25) is 0 Å². The number of hydrogen-bond acceptors (Lipinski definition) is 1. The maximum atomic E-state index is 13.0. The van der Waals surface area contributed by atoms with E-state index in [1.54, 1.807) is 12.1 Å². The molecule has 0 saturated heterocycles. The summed E-state index contributed by atoms with van der Waals surface area (Å²) in [5.41, 5.74) is 2.46. The lowest BCUT2D eigenvalue weighted by Crippen LogP contribution is -2.06. The standard InChI is InChI=1S/C13H12F2NP/c1-13(14,15)10-7-5-9(6-8-10)11-3-2-4-12(17)16-11/h2-8H,17H2,1H3. The smallest absolute Gasteiger partial charge is 0.249 e. The van der Waals surface area contributed by atoms with Crippen molar-refractivity contribution in [2.45, 2.75) is 12.8 Å². The molecule has 2 aromatic rings. The molecule has 0 bridgehead atoms. The van der Waals surface area contributed by atoms with Crippen molar-refractivity contribution in [3.8, 4) is 11.3 Å². The summed E-state index contributed by atoms with van der Waals surface area (Å²) in [4.78, 5) is 4.31. The summed E-state index contributed by atoms with van der Waals surface area (Å²) in [5.74, 6) is -2.80. The first-order chi connectivity index (χ1) is 7.97. The van der Waals surface area contributed by atoms with Crippen LogP contribution in [0.15, 0.2) is 42.5 Å². The van der Waals surface area contributed by atoms with Gasteiger partial charge in [0.15, 0.2) is 0 Å². The molecule has 0 aliphatic carbocycles. The van der Waals surface area contributed by atoms with Crippen LogP contribution < -0.4 is 5.44 Å². The van der Waals surface area contributed by atoms with Crippen molar-refractivity contribution in [1.29, 1.82) is 0 Å². The van der Waals surface area contributed by atoms with Crippen LogP contribution in [0.5, 0.6) is 0 Å². The van der Waals surface area contributed by atoms with Crippen LogP contribution in [0.4, 0.5) is 8.78 Å². The van der Waals surface area contributed by atoms with Crippen molar-refractivity contribution in [3.63, 3.8) is 0 Å². The number of halogens is 2. The number of aromatic nitrogens is 1. The van der Waals surface area contributed by atoms with Crippen LogP contribution in [-0.2, 0) is 5.92 Å². The second kappa shape index (κ2) is 4.50. The second-order valence-electron chi connectivity index (χ2n) is 3.91. The van der Waals surface area contributed by atoms with Crippen molar-refractivity contribution in [2.75, 3.05) is 0 Å². The van der Waals surface area contributed by atoms with E-state index in [2.05, 4.69) is 14.2 Å². The van der Waals surface area contributed by atoms with Crippen LogP contribution in [-0.4, -0.2) is 4.98 Å². The Morgan fingerprint density at radius 3 is 2.24 bits per heavy atom. The molecule has 0 N–H and O–H groups in total. The van der Waals surface area contributed by atoms with E-state index < -0.39 is 5.92 Å². The summed E-state index contributed by atoms with van der Waals surface area (Å²) in [6, 6.07) is 11.8. The van der Waals surface area contributed by atoms with Crippen molar-refractivity contribution in [1.82, 2.24) is 4.98 Å². The zero-order chi connectivity index (χ0) is 12.5. The number of alkyl halides is 2. The highest BCUT2D eigenvalue weighted by atomic mass is 31.0. The van der Waals surface area contributed by atoms with Gasteiger partial charge in [-0.1, -0.05) is 39.6 Å². The molecule has 0 amide bonds. The molecule has 2 rings (SSSR count). The van der Waals surface area contributed by atoms with Crippen molar-refractivity contribution >= 4 is 14.7 Å². The lowest BCUT2D eigenvalue weighted by molar-refractivity contribution is 0.0175. The molecule has 0 saturated carbocycles. The lowest BCUT2D eigenvalue weighted by atomic mass is 10.1. The summed E-state index contributed by atoms with van der Waals surface area (Å²) in [6.07, 6.45) is 0. The summed E-state index contributed by atoms with van der Waals surface area (Å²) < 4.78 is 26.1. The topological polar surface area (TPSA) is 12.9 Å². The molecule has 1 heterocycles. The Balaban J connectivity index is 2.36. The third-order valence-electron chi connectivity index (χ3n) is 2.46. The van der Waals surface area contributed by atoms with Gasteiger partial charge in [-0.2, -0.15) is 0 Å². The third kappa shape index (κ3) is 2.86. The molecular formula is C13H12F2NP. The fourth-order valence-corrected chi connectivity index (χ4v) is 1.80. The molecule has 1 atom stereocenters. The van der Waals surface area contributed by atoms with Gasteiger partial charge in [0.2, 0.25) is 0 Å². The molecule has 1 aromatic carbocycles. The fourth-order valence-electron chi connectivity index (χ4n) is 1.55. The van der Waals surface area contributed by atoms with Gasteiger partial charge < -0.3 is 0 Å². The van der Waals surface area contributed by atoms with Crippen LogP contribution in [0, 0.1) is 0 Å². The predicted molar refractivity (Wildman–Crippen MR) is 68.6 cm³/mol. The van der Waals surface area contributed by atoms with Gasteiger partial charge in [0, 0.05) is 18.1 Å². The largest absolute Gasteiger partial charge is 0.270 e. The van der Waals surface area contributed by atoms with Gasteiger partial charge in [-0.15, -0.1) is 0 Å². The highest BCUT2D eigenvalue weighted by molar-refractivity contribution is 7.26. The monoisotopic (exact) mass is 251 g/mol. The number of nitrogens with zero attached hydrogens (tertiary/aromatic N) is 1. The summed E-state index contributed by atoms with van der Waals surface area (Å²) in [6.45, 7) is 0.892. The Morgan fingerprint density at radius 2 is 1.71 bits per heavy atom. The van der Waals surface area contributed by atoms with E-state index in [9.17, 15) is 8.78 Å². The number of pyridine rings is 1. The average Bonchev–Trinajstić information content (AvgIpc) is 2.28. The molecule has 0 aliphatic rings. The minimum Gasteiger partial charge on any atom is -0.249 e. The Morgan fingerprint density at radius 1 is 1.06 bits per heavy atom. The van der Waals surface area contributed by atoms with Gasteiger partial charge >= 0.3 is 0 Å². The average molecular weight is 251 g/mol. The van der Waals surface area contributed by atoms with Gasteiger partial charge in [-0.25, -0.2) is 13.8 Å². The second-order valence-corrected chi connectivity index (χ2v) is 4.50. The Bertz CT molecular complexity index is 518. The van der Waals surface area contributed by atoms with E-state index in [4.69, 9.17) is 0 Å². The maximum Gasteiger partial charge on any atom is 0.270 e. The number of hydrogen-bond donors (Lipinski definition) is 0. The summed E-state index contributed by atoms with van der Waals surface area (Å²) in [7, 11) is 2.51. The molecule has 88 valence electrons. The molecule has 0 spiro atoms. The lowest BCUT2D eigenvalue weighted by Gasteiger charge is -2.10. The first-order valence-corrected chi connectivity index (χ1v) is 5.76. The van der Waals surface area contributed by atoms with Crippen LogP contribution in [0.3, 0.4) is 0 Å². The van der Waals surface area contributed by atoms with Crippen LogP contribution in [0.25, 0.3) is 11.3 Å². The van der Waals surface area contributed by atoms with Crippen LogP contribution >= 0.6 is 9.24 Å². The minimum absolute atomic E-state index is 0.0169. The third-order valence-corrected chi connectivity index (χ3v) is 2.78. The summed E-state index contributed by atoms with van der Waals surface area (Å²) >= 11 is 0. The first-order valence-electron chi connectivity index (χ1n) is 5.18. The van der Waals surface area contributed by atoms with E-state index in [-0.39, 0.29) is 5.56 Å². The number of rotatable bonds is 2. The Labute approximate surface area is 101 Å². The zero-order valence-corrected chi connectivity index (χ0v) is 10.5. The van der Waals surface area contributed by atoms with Gasteiger partial charge in [0.05, 0.1) is 11.1 Å². The Kier molecular flexibility index (Phi) is 3.21. The minimum atomic E-state index is -2.80. The zero-order valence-electron chi connectivity index (χ0n) is 9.32.